The van der Waals surface area contributed by atoms with Crippen LogP contribution in [0, 0.1) is 13.8 Å². The molecule has 4 heterocycles. The van der Waals surface area contributed by atoms with Crippen LogP contribution in [0.3, 0.4) is 0 Å². The molecule has 0 fully saturated rings. The van der Waals surface area contributed by atoms with Crippen LogP contribution in [0.5, 0.6) is 0 Å². The molecule has 4 atom stereocenters. The highest BCUT2D eigenvalue weighted by Gasteiger charge is 2.44. The first-order valence-corrected chi connectivity index (χ1v) is 19.1. The molecule has 2 N–H and O–H groups in total. The molecular formula is C43H39N7OS. The zero-order valence-corrected chi connectivity index (χ0v) is 30.0. The fourth-order valence-electron chi connectivity index (χ4n) is 8.78. The largest absolute Gasteiger partial charge is 0.361 e. The van der Waals surface area contributed by atoms with Gasteiger partial charge in [-0.3, -0.25) is 0 Å². The van der Waals surface area contributed by atoms with Gasteiger partial charge in [0.25, 0.3) is 0 Å². The van der Waals surface area contributed by atoms with Gasteiger partial charge in [0.05, 0.1) is 17.8 Å². The van der Waals surface area contributed by atoms with Crippen molar-refractivity contribution in [1.29, 1.82) is 0 Å². The van der Waals surface area contributed by atoms with Gasteiger partial charge in [-0.1, -0.05) is 90.1 Å². The number of hydrogen-bond acceptors (Lipinski definition) is 9. The molecule has 2 aromatic heterocycles. The first-order chi connectivity index (χ1) is 25.6. The Balaban J connectivity index is 1.22. The first-order valence-electron chi connectivity index (χ1n) is 18.2. The van der Waals surface area contributed by atoms with Crippen LogP contribution in [0.25, 0.3) is 0 Å². The van der Waals surface area contributed by atoms with Gasteiger partial charge in [0.15, 0.2) is 0 Å². The molecule has 2 aliphatic carbocycles. The Morgan fingerprint density at radius 1 is 0.635 bits per heavy atom. The second-order valence-electron chi connectivity index (χ2n) is 14.1. The van der Waals surface area contributed by atoms with Gasteiger partial charge < -0.3 is 15.2 Å². The number of thiophene rings is 1. The Labute approximate surface area is 307 Å². The number of aryl methyl sites for hydroxylation is 4. The van der Waals surface area contributed by atoms with Crippen LogP contribution in [0.4, 0.5) is 11.4 Å². The van der Waals surface area contributed by atoms with Gasteiger partial charge in [0, 0.05) is 28.1 Å². The highest BCUT2D eigenvalue weighted by molar-refractivity contribution is 7.08. The van der Waals surface area contributed by atoms with Gasteiger partial charge in [-0.2, -0.15) is 11.3 Å². The number of nitrogens with one attached hydrogen (secondary N) is 2. The number of fused-ring (bicyclic) bond motifs is 4. The average molecular weight is 702 g/mol. The van der Waals surface area contributed by atoms with Gasteiger partial charge in [0.1, 0.15) is 17.8 Å². The van der Waals surface area contributed by atoms with E-state index in [1.165, 1.54) is 33.4 Å². The van der Waals surface area contributed by atoms with Crippen molar-refractivity contribution >= 4 is 34.6 Å². The van der Waals surface area contributed by atoms with Crippen LogP contribution >= 0.6 is 11.3 Å². The zero-order chi connectivity index (χ0) is 34.8. The molecule has 2 aliphatic heterocycles. The Morgan fingerprint density at radius 2 is 1.15 bits per heavy atom. The third-order valence-electron chi connectivity index (χ3n) is 11.2. The van der Waals surface area contributed by atoms with E-state index in [0.29, 0.717) is 0 Å². The maximum absolute atomic E-state index is 5.76. The molecule has 4 aromatic carbocycles. The highest BCUT2D eigenvalue weighted by atomic mass is 32.1. The predicted molar refractivity (Wildman–Crippen MR) is 208 cm³/mol. The summed E-state index contributed by atoms with van der Waals surface area (Å²) in [5.41, 5.74) is 12.9. The monoisotopic (exact) mass is 701 g/mol. The number of aliphatic imine (C=N–C) groups is 2. The van der Waals surface area contributed by atoms with E-state index >= 15 is 0 Å². The van der Waals surface area contributed by atoms with Crippen molar-refractivity contribution in [3.63, 3.8) is 0 Å². The SMILES string of the molecule is Cc1noc(C)c1C1N=C(N(C2CCc3ccccc32)N(C2=NC(c3ccsc3)c3ccccc3N2)C2CCc3ccccc32)Nc2ccccc21. The third-order valence-corrected chi connectivity index (χ3v) is 11.9. The van der Waals surface area contributed by atoms with E-state index in [2.05, 4.69) is 140 Å². The van der Waals surface area contributed by atoms with Crippen molar-refractivity contribution in [3.8, 4) is 0 Å². The summed E-state index contributed by atoms with van der Waals surface area (Å²) in [6.07, 6.45) is 3.88. The summed E-state index contributed by atoms with van der Waals surface area (Å²) in [6, 6.07) is 36.7. The number of rotatable bonds is 4. The fraction of sp³-hybridized carbons (Fsp3) is 0.233. The lowest BCUT2D eigenvalue weighted by Gasteiger charge is -2.48. The number of hydrogen-bond donors (Lipinski definition) is 2. The van der Waals surface area contributed by atoms with Crippen LogP contribution in [0.2, 0.25) is 0 Å². The van der Waals surface area contributed by atoms with Crippen molar-refractivity contribution in [3.05, 3.63) is 170 Å². The molecule has 4 aliphatic rings. The molecule has 0 saturated carbocycles. The normalized spacial score (nSPS) is 21.1. The number of benzene rings is 4. The van der Waals surface area contributed by atoms with Gasteiger partial charge in [-0.15, -0.1) is 0 Å². The molecule has 4 unspecified atom stereocenters. The van der Waals surface area contributed by atoms with E-state index in [0.717, 1.165) is 71.6 Å². The zero-order valence-electron chi connectivity index (χ0n) is 29.2. The lowest BCUT2D eigenvalue weighted by molar-refractivity contribution is 0.0377. The number of aromatic nitrogens is 1. The number of para-hydroxylation sites is 2. The molecule has 6 aromatic rings. The van der Waals surface area contributed by atoms with Gasteiger partial charge in [-0.05, 0) is 96.3 Å². The quantitative estimate of drug-likeness (QED) is 0.178. The van der Waals surface area contributed by atoms with Crippen molar-refractivity contribution < 1.29 is 4.52 Å². The molecule has 8 nitrogen and oxygen atoms in total. The van der Waals surface area contributed by atoms with E-state index in [4.69, 9.17) is 14.5 Å². The van der Waals surface area contributed by atoms with E-state index in [1.807, 2.05) is 13.8 Å². The first kappa shape index (κ1) is 31.1. The molecule has 0 saturated heterocycles. The molecule has 52 heavy (non-hydrogen) atoms. The number of anilines is 2. The number of nitrogens with zero attached hydrogens (tertiary/aromatic N) is 5. The van der Waals surface area contributed by atoms with E-state index < -0.39 is 0 Å². The molecule has 0 spiro atoms. The minimum absolute atomic E-state index is 0.00654. The van der Waals surface area contributed by atoms with E-state index in [1.54, 1.807) is 11.3 Å². The highest BCUT2D eigenvalue weighted by Crippen LogP contribution is 2.47. The van der Waals surface area contributed by atoms with Crippen LogP contribution in [-0.2, 0) is 12.8 Å². The van der Waals surface area contributed by atoms with Gasteiger partial charge >= 0.3 is 0 Å². The van der Waals surface area contributed by atoms with Crippen LogP contribution in [0.1, 0.15) is 93.0 Å². The fourth-order valence-corrected chi connectivity index (χ4v) is 9.46. The molecule has 10 rings (SSSR count). The average Bonchev–Trinajstić information content (AvgIpc) is 4.01. The summed E-state index contributed by atoms with van der Waals surface area (Å²) in [4.78, 5) is 11.3. The van der Waals surface area contributed by atoms with Crippen LogP contribution in [0.15, 0.2) is 128 Å². The van der Waals surface area contributed by atoms with Crippen molar-refractivity contribution in [2.75, 3.05) is 10.6 Å². The standard InChI is InChI=1S/C43H39N7OS/c1-26-39(27(2)51-48-26)41-34-16-8-10-18-36(34)45-43(47-41)50(38-22-20-29-12-4-6-14-32(29)38)49(37-21-19-28-11-3-5-13-31(28)37)42-44-35-17-9-7-15-33(35)40(46-42)30-23-24-52-25-30/h3-18,23-25,37-38,40-41H,19-22H2,1-2H3,(H,44,46)(H,45,47). The maximum atomic E-state index is 5.76. The lowest BCUT2D eigenvalue weighted by Crippen LogP contribution is -2.57. The van der Waals surface area contributed by atoms with Crippen molar-refractivity contribution in [2.45, 2.75) is 63.7 Å². The summed E-state index contributed by atoms with van der Waals surface area (Å²) in [7, 11) is 0. The second-order valence-corrected chi connectivity index (χ2v) is 14.9. The minimum Gasteiger partial charge on any atom is -0.361 e. The molecule has 0 radical (unpaired) electrons. The van der Waals surface area contributed by atoms with Crippen molar-refractivity contribution in [2.24, 2.45) is 9.98 Å². The Hall–Kier alpha value is -5.67. The summed E-state index contributed by atoms with van der Waals surface area (Å²) >= 11 is 1.71. The third kappa shape index (κ3) is 5.05. The van der Waals surface area contributed by atoms with E-state index in [9.17, 15) is 0 Å². The topological polar surface area (TPSA) is 81.3 Å². The number of hydrazine groups is 1. The Kier molecular flexibility index (Phi) is 7.49. The van der Waals surface area contributed by atoms with Gasteiger partial charge in [-0.25, -0.2) is 20.0 Å². The maximum Gasteiger partial charge on any atom is 0.219 e. The molecule has 0 amide bonds. The van der Waals surface area contributed by atoms with Gasteiger partial charge in [0.2, 0.25) is 11.9 Å². The summed E-state index contributed by atoms with van der Waals surface area (Å²) in [5.74, 6) is 2.39. The lowest BCUT2D eigenvalue weighted by atomic mass is 9.95. The summed E-state index contributed by atoms with van der Waals surface area (Å²) in [6.45, 7) is 4.01. The predicted octanol–water partition coefficient (Wildman–Crippen LogP) is 9.69. The molecular weight excluding hydrogens is 663 g/mol. The molecule has 258 valence electrons. The molecule has 0 bridgehead atoms. The van der Waals surface area contributed by atoms with Crippen LogP contribution < -0.4 is 10.6 Å². The van der Waals surface area contributed by atoms with Crippen LogP contribution in [-0.4, -0.2) is 27.1 Å². The Morgan fingerprint density at radius 3 is 1.69 bits per heavy atom. The summed E-state index contributed by atoms with van der Waals surface area (Å²) < 4.78 is 5.76. The Bertz CT molecular complexity index is 2340. The second kappa shape index (κ2) is 12.5. The molecule has 9 heteroatoms. The summed E-state index contributed by atoms with van der Waals surface area (Å²) in [5, 5.41) is 21.4. The van der Waals surface area contributed by atoms with E-state index in [-0.39, 0.29) is 24.2 Å². The minimum atomic E-state index is -0.295. The number of guanidine groups is 2. The smallest absolute Gasteiger partial charge is 0.219 e. The van der Waals surface area contributed by atoms with Crippen molar-refractivity contribution in [1.82, 2.24) is 15.2 Å².